The van der Waals surface area contributed by atoms with Crippen LogP contribution in [0.25, 0.3) is 0 Å². The van der Waals surface area contributed by atoms with E-state index in [1.165, 1.54) is 6.42 Å². The third-order valence-electron chi connectivity index (χ3n) is 5.10. The molecule has 0 aromatic heterocycles. The Morgan fingerprint density at radius 3 is 2.57 bits per heavy atom. The normalized spacial score (nSPS) is 21.8. The Labute approximate surface area is 138 Å². The molecule has 0 saturated carbocycles. The van der Waals surface area contributed by atoms with Gasteiger partial charge in [0.15, 0.2) is 0 Å². The summed E-state index contributed by atoms with van der Waals surface area (Å²) in [6, 6.07) is 8.34. The smallest absolute Gasteiger partial charge is 0.227 e. The van der Waals surface area contributed by atoms with E-state index in [1.807, 2.05) is 29.2 Å². The molecule has 0 bridgehead atoms. The van der Waals surface area contributed by atoms with Crippen molar-refractivity contribution >= 4 is 17.5 Å². The lowest BCUT2D eigenvalue weighted by molar-refractivity contribution is -0.134. The third kappa shape index (κ3) is 3.57. The molecule has 0 radical (unpaired) electrons. The van der Waals surface area contributed by atoms with Gasteiger partial charge in [-0.05, 0) is 49.8 Å². The molecule has 2 amide bonds. The Kier molecular flexibility index (Phi) is 4.99. The summed E-state index contributed by atoms with van der Waals surface area (Å²) in [4.78, 5) is 28.3. The first-order valence-electron chi connectivity index (χ1n) is 8.88. The van der Waals surface area contributed by atoms with Crippen LogP contribution in [0.3, 0.4) is 0 Å². The number of carbonyl (C=O) groups is 2. The van der Waals surface area contributed by atoms with Gasteiger partial charge in [0.2, 0.25) is 11.8 Å². The molecule has 4 nitrogen and oxygen atoms in total. The Hall–Kier alpha value is -1.84. The van der Waals surface area contributed by atoms with Gasteiger partial charge in [0.25, 0.3) is 0 Å². The highest BCUT2D eigenvalue weighted by Crippen LogP contribution is 2.23. The average Bonchev–Trinajstić information content (AvgIpc) is 3.01. The SMILES string of the molecule is CCC1CCCCN1C(=O)Cc1ccc(N2CCCC2=O)cc1. The molecule has 4 heteroatoms. The topological polar surface area (TPSA) is 40.6 Å². The largest absolute Gasteiger partial charge is 0.339 e. The molecule has 1 aromatic carbocycles. The molecule has 23 heavy (non-hydrogen) atoms. The first kappa shape index (κ1) is 16.0. The van der Waals surface area contributed by atoms with Gasteiger partial charge in [-0.15, -0.1) is 0 Å². The molecule has 124 valence electrons. The maximum Gasteiger partial charge on any atom is 0.227 e. The number of piperidine rings is 1. The third-order valence-corrected chi connectivity index (χ3v) is 5.10. The molecular formula is C19H26N2O2. The van der Waals surface area contributed by atoms with Crippen LogP contribution in [0, 0.1) is 0 Å². The van der Waals surface area contributed by atoms with Crippen LogP contribution < -0.4 is 4.90 Å². The fourth-order valence-corrected chi connectivity index (χ4v) is 3.74. The maximum absolute atomic E-state index is 12.6. The van der Waals surface area contributed by atoms with Crippen LogP contribution in [0.2, 0.25) is 0 Å². The number of rotatable bonds is 4. The Balaban J connectivity index is 1.63. The zero-order valence-electron chi connectivity index (χ0n) is 14.0. The number of carbonyl (C=O) groups excluding carboxylic acids is 2. The quantitative estimate of drug-likeness (QED) is 0.856. The molecule has 3 rings (SSSR count). The minimum absolute atomic E-state index is 0.202. The summed E-state index contributed by atoms with van der Waals surface area (Å²) in [6.45, 7) is 3.87. The minimum Gasteiger partial charge on any atom is -0.339 e. The van der Waals surface area contributed by atoms with Crippen molar-refractivity contribution < 1.29 is 9.59 Å². The zero-order valence-corrected chi connectivity index (χ0v) is 14.0. The maximum atomic E-state index is 12.6. The van der Waals surface area contributed by atoms with Crippen molar-refractivity contribution in [1.29, 1.82) is 0 Å². The first-order valence-corrected chi connectivity index (χ1v) is 8.88. The molecule has 0 N–H and O–H groups in total. The molecule has 1 aromatic rings. The van der Waals surface area contributed by atoms with Crippen molar-refractivity contribution in [3.05, 3.63) is 29.8 Å². The second-order valence-corrected chi connectivity index (χ2v) is 6.64. The molecule has 1 unspecified atom stereocenters. The van der Waals surface area contributed by atoms with Gasteiger partial charge in [-0.3, -0.25) is 9.59 Å². The fraction of sp³-hybridized carbons (Fsp3) is 0.579. The van der Waals surface area contributed by atoms with Crippen LogP contribution in [0.5, 0.6) is 0 Å². The number of hydrogen-bond donors (Lipinski definition) is 0. The summed E-state index contributed by atoms with van der Waals surface area (Å²) >= 11 is 0. The van der Waals surface area contributed by atoms with E-state index in [-0.39, 0.29) is 11.8 Å². The predicted molar refractivity (Wildman–Crippen MR) is 91.4 cm³/mol. The van der Waals surface area contributed by atoms with Crippen molar-refractivity contribution in [2.75, 3.05) is 18.0 Å². The average molecular weight is 314 g/mol. The van der Waals surface area contributed by atoms with E-state index in [1.54, 1.807) is 0 Å². The second kappa shape index (κ2) is 7.16. The Morgan fingerprint density at radius 2 is 1.91 bits per heavy atom. The van der Waals surface area contributed by atoms with E-state index in [2.05, 4.69) is 11.8 Å². The minimum atomic E-state index is 0.202. The monoisotopic (exact) mass is 314 g/mol. The summed E-state index contributed by atoms with van der Waals surface area (Å²) in [5.41, 5.74) is 1.99. The van der Waals surface area contributed by atoms with Gasteiger partial charge in [-0.25, -0.2) is 0 Å². The van der Waals surface area contributed by atoms with Crippen molar-refractivity contribution in [3.63, 3.8) is 0 Å². The van der Waals surface area contributed by atoms with Crippen molar-refractivity contribution in [1.82, 2.24) is 4.90 Å². The summed E-state index contributed by atoms with van der Waals surface area (Å²) in [5.74, 6) is 0.439. The van der Waals surface area contributed by atoms with E-state index < -0.39 is 0 Å². The van der Waals surface area contributed by atoms with Gasteiger partial charge in [-0.2, -0.15) is 0 Å². The van der Waals surface area contributed by atoms with Gasteiger partial charge in [-0.1, -0.05) is 19.1 Å². The molecule has 2 fully saturated rings. The number of anilines is 1. The van der Waals surface area contributed by atoms with Crippen LogP contribution in [0.1, 0.15) is 51.0 Å². The lowest BCUT2D eigenvalue weighted by Gasteiger charge is -2.35. The van der Waals surface area contributed by atoms with Crippen LogP contribution in [-0.2, 0) is 16.0 Å². The predicted octanol–water partition coefficient (Wildman–Crippen LogP) is 3.15. The van der Waals surface area contributed by atoms with Crippen molar-refractivity contribution in [2.45, 2.75) is 57.9 Å². The van der Waals surface area contributed by atoms with Crippen molar-refractivity contribution in [3.8, 4) is 0 Å². The van der Waals surface area contributed by atoms with E-state index >= 15 is 0 Å². The fourth-order valence-electron chi connectivity index (χ4n) is 3.74. The van der Waals surface area contributed by atoms with Crippen LogP contribution in [-0.4, -0.2) is 35.8 Å². The molecule has 2 aliphatic rings. The second-order valence-electron chi connectivity index (χ2n) is 6.64. The first-order chi connectivity index (χ1) is 11.2. The highest BCUT2D eigenvalue weighted by atomic mass is 16.2. The number of nitrogens with zero attached hydrogens (tertiary/aromatic N) is 2. The summed E-state index contributed by atoms with van der Waals surface area (Å²) in [6.07, 6.45) is 6.59. The summed E-state index contributed by atoms with van der Waals surface area (Å²) in [5, 5.41) is 0. The number of benzene rings is 1. The van der Waals surface area contributed by atoms with Crippen LogP contribution in [0.15, 0.2) is 24.3 Å². The molecule has 0 aliphatic carbocycles. The highest BCUT2D eigenvalue weighted by Gasteiger charge is 2.25. The molecule has 0 spiro atoms. The molecule has 1 atom stereocenters. The van der Waals surface area contributed by atoms with E-state index in [4.69, 9.17) is 0 Å². The molecule has 2 aliphatic heterocycles. The number of amides is 2. The molecular weight excluding hydrogens is 288 g/mol. The number of hydrogen-bond acceptors (Lipinski definition) is 2. The molecule has 2 saturated heterocycles. The van der Waals surface area contributed by atoms with Crippen molar-refractivity contribution in [2.24, 2.45) is 0 Å². The van der Waals surface area contributed by atoms with Crippen LogP contribution in [0.4, 0.5) is 5.69 Å². The summed E-state index contributed by atoms with van der Waals surface area (Å²) in [7, 11) is 0. The summed E-state index contributed by atoms with van der Waals surface area (Å²) < 4.78 is 0. The molecule has 2 heterocycles. The van der Waals surface area contributed by atoms with E-state index in [9.17, 15) is 9.59 Å². The standard InChI is InChI=1S/C19H26N2O2/c1-2-16-6-3-4-12-20(16)19(23)14-15-8-10-17(11-9-15)21-13-5-7-18(21)22/h8-11,16H,2-7,12-14H2,1H3. The van der Waals surface area contributed by atoms with Gasteiger partial charge in [0, 0.05) is 31.2 Å². The Bertz CT molecular complexity index is 567. The lowest BCUT2D eigenvalue weighted by Crippen LogP contribution is -2.44. The van der Waals surface area contributed by atoms with Gasteiger partial charge in [0.05, 0.1) is 6.42 Å². The lowest BCUT2D eigenvalue weighted by atomic mass is 9.99. The Morgan fingerprint density at radius 1 is 1.13 bits per heavy atom. The van der Waals surface area contributed by atoms with E-state index in [0.717, 1.165) is 50.0 Å². The zero-order chi connectivity index (χ0) is 16.2. The van der Waals surface area contributed by atoms with Gasteiger partial charge < -0.3 is 9.80 Å². The number of likely N-dealkylation sites (tertiary alicyclic amines) is 1. The van der Waals surface area contributed by atoms with Crippen LogP contribution >= 0.6 is 0 Å². The van der Waals surface area contributed by atoms with Gasteiger partial charge in [0.1, 0.15) is 0 Å². The van der Waals surface area contributed by atoms with E-state index in [0.29, 0.717) is 18.9 Å². The highest BCUT2D eigenvalue weighted by molar-refractivity contribution is 5.95. The van der Waals surface area contributed by atoms with Gasteiger partial charge >= 0.3 is 0 Å².